The normalized spacial score (nSPS) is 16.3. The molecule has 0 amide bonds. The number of nitrogens with zero attached hydrogens (tertiary/aromatic N) is 2. The van der Waals surface area contributed by atoms with Crippen molar-refractivity contribution in [2.45, 2.75) is 31.5 Å². The standard InChI is InChI=1S/C21H27F3N5O2P/c1-31-16-10-13(32(2,3,4)30)8-9-15(16)27-20-28-18-17(14(11-25-18)21(22,23)24)19(29-20)26-12-6-5-7-12/h8-12,30H,5-7H2,1-4H3,(H3,25,26,27,28,29). The van der Waals surface area contributed by atoms with Crippen molar-refractivity contribution in [1.29, 1.82) is 0 Å². The molecule has 0 spiro atoms. The van der Waals surface area contributed by atoms with Gasteiger partial charge in [0.1, 0.15) is 0 Å². The van der Waals surface area contributed by atoms with Gasteiger partial charge in [-0.1, -0.05) is 0 Å². The summed E-state index contributed by atoms with van der Waals surface area (Å²) in [5, 5.41) is 6.88. The van der Waals surface area contributed by atoms with Crippen molar-refractivity contribution < 1.29 is 22.8 Å². The fourth-order valence-electron chi connectivity index (χ4n) is 3.55. The third-order valence-corrected chi connectivity index (χ3v) is 7.66. The van der Waals surface area contributed by atoms with Gasteiger partial charge in [-0.3, -0.25) is 0 Å². The van der Waals surface area contributed by atoms with Crippen LogP contribution >= 0.6 is 6.83 Å². The predicted octanol–water partition coefficient (Wildman–Crippen LogP) is 4.67. The number of halogens is 3. The Morgan fingerprint density at radius 3 is 2.47 bits per heavy atom. The maximum absolute atomic E-state index is 13.5. The van der Waals surface area contributed by atoms with E-state index in [-0.39, 0.29) is 28.8 Å². The second-order valence-electron chi connectivity index (χ2n) is 9.31. The summed E-state index contributed by atoms with van der Waals surface area (Å²) in [4.78, 5) is 22.1. The van der Waals surface area contributed by atoms with Gasteiger partial charge in [-0.2, -0.15) is 0 Å². The van der Waals surface area contributed by atoms with Gasteiger partial charge in [0.15, 0.2) is 0 Å². The quantitative estimate of drug-likeness (QED) is 0.392. The van der Waals surface area contributed by atoms with Crippen molar-refractivity contribution in [3.63, 3.8) is 0 Å². The van der Waals surface area contributed by atoms with E-state index >= 15 is 0 Å². The Hall–Kier alpha value is -2.58. The molecule has 4 rings (SSSR count). The molecule has 174 valence electrons. The molecule has 0 radical (unpaired) electrons. The summed E-state index contributed by atoms with van der Waals surface area (Å²) in [6.07, 6.45) is -0.815. The SMILES string of the molecule is COc1cc(P(C)(C)(C)O)ccc1Nc1nc(NC2CCC2)c2c(C(F)(F)F)c[nH]c2n1. The van der Waals surface area contributed by atoms with Gasteiger partial charge in [-0.05, 0) is 0 Å². The zero-order valence-electron chi connectivity index (χ0n) is 18.3. The molecule has 32 heavy (non-hydrogen) atoms. The minimum atomic E-state index is -4.53. The number of ether oxygens (including phenoxy) is 1. The van der Waals surface area contributed by atoms with E-state index in [0.29, 0.717) is 11.4 Å². The first-order valence-electron chi connectivity index (χ1n) is 10.3. The molecule has 7 nitrogen and oxygen atoms in total. The number of benzene rings is 1. The van der Waals surface area contributed by atoms with Gasteiger partial charge < -0.3 is 0 Å². The van der Waals surface area contributed by atoms with E-state index in [1.54, 1.807) is 18.2 Å². The first-order valence-corrected chi connectivity index (χ1v) is 13.8. The number of H-pyrrole nitrogens is 1. The van der Waals surface area contributed by atoms with Crippen LogP contribution in [0.3, 0.4) is 0 Å². The van der Waals surface area contributed by atoms with Gasteiger partial charge in [0.2, 0.25) is 0 Å². The van der Waals surface area contributed by atoms with Gasteiger partial charge in [0.05, 0.1) is 0 Å². The van der Waals surface area contributed by atoms with E-state index in [2.05, 4.69) is 25.6 Å². The number of aromatic amines is 1. The van der Waals surface area contributed by atoms with Crippen LogP contribution in [0.25, 0.3) is 11.0 Å². The second kappa shape index (κ2) is 7.49. The van der Waals surface area contributed by atoms with Gasteiger partial charge in [-0.25, -0.2) is 0 Å². The molecule has 1 aliphatic rings. The monoisotopic (exact) mass is 469 g/mol. The van der Waals surface area contributed by atoms with Crippen LogP contribution in [-0.4, -0.2) is 53.0 Å². The summed E-state index contributed by atoms with van der Waals surface area (Å²) in [6.45, 7) is 2.43. The number of anilines is 3. The first kappa shape index (κ1) is 22.6. The van der Waals surface area contributed by atoms with Crippen molar-refractivity contribution in [1.82, 2.24) is 15.0 Å². The summed E-state index contributed by atoms with van der Waals surface area (Å²) in [6, 6.07) is 5.38. The predicted molar refractivity (Wildman–Crippen MR) is 123 cm³/mol. The number of methoxy groups -OCH3 is 1. The third kappa shape index (κ3) is 4.47. The number of alkyl halides is 3. The molecule has 1 saturated carbocycles. The van der Waals surface area contributed by atoms with Gasteiger partial charge >= 0.3 is 183 Å². The molecule has 2 heterocycles. The van der Waals surface area contributed by atoms with Crippen molar-refractivity contribution in [3.05, 3.63) is 30.0 Å². The zero-order chi connectivity index (χ0) is 23.3. The average Bonchev–Trinajstić information content (AvgIpc) is 3.08. The number of fused-ring (bicyclic) bond motifs is 1. The molecule has 0 bridgehead atoms. The number of rotatable bonds is 6. The topological polar surface area (TPSA) is 95.1 Å². The van der Waals surface area contributed by atoms with Gasteiger partial charge in [-0.15, -0.1) is 0 Å². The summed E-state index contributed by atoms with van der Waals surface area (Å²) in [7, 11) is 1.51. The molecule has 4 N–H and O–H groups in total. The second-order valence-corrected chi connectivity index (χ2v) is 15.3. The van der Waals surface area contributed by atoms with E-state index in [0.717, 1.165) is 30.8 Å². The molecule has 0 unspecified atom stereocenters. The van der Waals surface area contributed by atoms with Gasteiger partial charge in [0.25, 0.3) is 0 Å². The first-order chi connectivity index (χ1) is 14.8. The molecule has 1 fully saturated rings. The maximum atomic E-state index is 13.5. The zero-order valence-corrected chi connectivity index (χ0v) is 19.2. The number of hydrogen-bond donors (Lipinski definition) is 4. The summed E-state index contributed by atoms with van der Waals surface area (Å²) in [5.74, 6) is 0.741. The van der Waals surface area contributed by atoms with Crippen LogP contribution in [0, 0.1) is 0 Å². The Labute approximate surface area is 183 Å². The molecule has 1 aliphatic carbocycles. The van der Waals surface area contributed by atoms with Crippen LogP contribution < -0.4 is 20.7 Å². The molecule has 3 aromatic rings. The van der Waals surface area contributed by atoms with E-state index in [1.807, 2.05) is 20.0 Å². The number of nitrogens with one attached hydrogen (secondary N) is 3. The number of aromatic nitrogens is 3. The Kier molecular flexibility index (Phi) is 5.29. The molecular weight excluding hydrogens is 442 g/mol. The van der Waals surface area contributed by atoms with Crippen LogP contribution in [-0.2, 0) is 6.18 Å². The minimum absolute atomic E-state index is 0.0714. The summed E-state index contributed by atoms with van der Waals surface area (Å²) >= 11 is 0. The Balaban J connectivity index is 1.75. The van der Waals surface area contributed by atoms with E-state index in [1.165, 1.54) is 7.11 Å². The van der Waals surface area contributed by atoms with Crippen molar-refractivity contribution in [2.75, 3.05) is 37.7 Å². The van der Waals surface area contributed by atoms with Crippen LogP contribution in [0.2, 0.25) is 0 Å². The van der Waals surface area contributed by atoms with Crippen molar-refractivity contribution in [2.24, 2.45) is 0 Å². The fraction of sp³-hybridized carbons (Fsp3) is 0.429. The van der Waals surface area contributed by atoms with Crippen molar-refractivity contribution in [3.8, 4) is 5.75 Å². The average molecular weight is 469 g/mol. The van der Waals surface area contributed by atoms with Crippen LogP contribution in [0.4, 0.5) is 30.6 Å². The fourth-order valence-corrected chi connectivity index (χ4v) is 4.70. The van der Waals surface area contributed by atoms with E-state index in [4.69, 9.17) is 4.74 Å². The van der Waals surface area contributed by atoms with Gasteiger partial charge in [0, 0.05) is 0 Å². The van der Waals surface area contributed by atoms with Crippen LogP contribution in [0.5, 0.6) is 5.75 Å². The Morgan fingerprint density at radius 2 is 1.91 bits per heavy atom. The Morgan fingerprint density at radius 1 is 1.19 bits per heavy atom. The molecular formula is C21H27F3N5O2P. The molecule has 0 atom stereocenters. The molecule has 0 aliphatic heterocycles. The van der Waals surface area contributed by atoms with Crippen molar-refractivity contribution >= 4 is 40.6 Å². The summed E-state index contributed by atoms with van der Waals surface area (Å²) in [5.41, 5.74) is -0.178. The molecule has 0 saturated heterocycles. The van der Waals surface area contributed by atoms with E-state index in [9.17, 15) is 18.1 Å². The molecule has 2 aromatic heterocycles. The number of hydrogen-bond acceptors (Lipinski definition) is 6. The third-order valence-electron chi connectivity index (χ3n) is 5.60. The Bertz CT molecular complexity index is 1160. The molecule has 11 heteroatoms. The van der Waals surface area contributed by atoms with Crippen LogP contribution in [0.1, 0.15) is 24.8 Å². The molecule has 1 aromatic carbocycles. The van der Waals surface area contributed by atoms with E-state index < -0.39 is 18.6 Å². The summed E-state index contributed by atoms with van der Waals surface area (Å²) < 4.78 is 46.0. The van der Waals surface area contributed by atoms with Crippen LogP contribution in [0.15, 0.2) is 24.4 Å².